The first-order chi connectivity index (χ1) is 34.7. The molecule has 324 valence electrons. The van der Waals surface area contributed by atoms with E-state index in [1.807, 2.05) is 66.7 Å². The van der Waals surface area contributed by atoms with Gasteiger partial charge in [-0.2, -0.15) is 0 Å². The summed E-state index contributed by atoms with van der Waals surface area (Å²) in [5, 5.41) is 14.6. The third-order valence-corrected chi connectivity index (χ3v) is 14.1. The van der Waals surface area contributed by atoms with Gasteiger partial charge < -0.3 is 8.83 Å². The topological polar surface area (TPSA) is 77.8 Å². The van der Waals surface area contributed by atoms with Crippen LogP contribution in [0, 0.1) is 0 Å². The van der Waals surface area contributed by atoms with E-state index in [0.29, 0.717) is 17.5 Å². The maximum atomic E-state index is 6.83. The molecule has 11 aromatic carbocycles. The lowest BCUT2D eigenvalue weighted by molar-refractivity contribution is 0.669. The van der Waals surface area contributed by atoms with Crippen molar-refractivity contribution >= 4 is 97.9 Å². The number of aromatic nitrogens is 4. The van der Waals surface area contributed by atoms with Gasteiger partial charge in [-0.3, -0.25) is 0 Å². The number of hydrogen-bond donors (Lipinski definition) is 0. The quantitative estimate of drug-likeness (QED) is 0.160. The van der Waals surface area contributed by atoms with Gasteiger partial charge in [-0.25, -0.2) is 19.9 Å². The summed E-state index contributed by atoms with van der Waals surface area (Å²) >= 11 is 0. The average molecular weight is 893 g/mol. The lowest BCUT2D eigenvalue weighted by Gasteiger charge is -2.17. The third-order valence-electron chi connectivity index (χ3n) is 14.1. The molecule has 15 aromatic rings. The molecule has 0 N–H and O–H groups in total. The van der Waals surface area contributed by atoms with E-state index in [4.69, 9.17) is 28.8 Å². The first-order valence-corrected chi connectivity index (χ1v) is 23.5. The highest BCUT2D eigenvalue weighted by molar-refractivity contribution is 6.29. The summed E-state index contributed by atoms with van der Waals surface area (Å²) in [6.45, 7) is 0. The van der Waals surface area contributed by atoms with Crippen LogP contribution in [-0.2, 0) is 0 Å². The molecule has 0 bridgehead atoms. The van der Waals surface area contributed by atoms with Crippen LogP contribution in [0.25, 0.3) is 154 Å². The number of rotatable bonds is 5. The summed E-state index contributed by atoms with van der Waals surface area (Å²) in [5.41, 5.74) is 10.6. The summed E-state index contributed by atoms with van der Waals surface area (Å²) in [6.07, 6.45) is 0. The summed E-state index contributed by atoms with van der Waals surface area (Å²) in [4.78, 5) is 21.1. The van der Waals surface area contributed by atoms with Gasteiger partial charge in [-0.15, -0.1) is 0 Å². The molecule has 0 saturated carbocycles. The van der Waals surface area contributed by atoms with Gasteiger partial charge in [0.1, 0.15) is 22.3 Å². The maximum Gasteiger partial charge on any atom is 0.167 e. The molecule has 4 heterocycles. The zero-order valence-corrected chi connectivity index (χ0v) is 37.4. The van der Waals surface area contributed by atoms with E-state index >= 15 is 0 Å². The molecule has 0 unspecified atom stereocenters. The van der Waals surface area contributed by atoms with Gasteiger partial charge in [-0.1, -0.05) is 176 Å². The van der Waals surface area contributed by atoms with Crippen LogP contribution < -0.4 is 0 Å². The second kappa shape index (κ2) is 15.0. The summed E-state index contributed by atoms with van der Waals surface area (Å²) < 4.78 is 13.4. The zero-order valence-electron chi connectivity index (χ0n) is 37.4. The molecule has 0 aliphatic carbocycles. The molecule has 0 saturated heterocycles. The van der Waals surface area contributed by atoms with E-state index in [0.717, 1.165) is 105 Å². The fraction of sp³-hybridized carbons (Fsp3) is 0. The Morgan fingerprint density at radius 3 is 1.60 bits per heavy atom. The zero-order chi connectivity index (χ0) is 45.9. The van der Waals surface area contributed by atoms with Crippen molar-refractivity contribution in [2.45, 2.75) is 0 Å². The highest BCUT2D eigenvalue weighted by Gasteiger charge is 2.24. The van der Waals surface area contributed by atoms with E-state index in [2.05, 4.69) is 152 Å². The summed E-state index contributed by atoms with van der Waals surface area (Å²) in [7, 11) is 0. The van der Waals surface area contributed by atoms with Gasteiger partial charge in [0, 0.05) is 60.0 Å². The fourth-order valence-electron chi connectivity index (χ4n) is 11.0. The normalized spacial score (nSPS) is 12.0. The van der Waals surface area contributed by atoms with Crippen molar-refractivity contribution in [3.8, 4) is 56.5 Å². The molecule has 0 amide bonds. The molecule has 70 heavy (non-hydrogen) atoms. The predicted molar refractivity (Wildman–Crippen MR) is 287 cm³/mol. The highest BCUT2D eigenvalue weighted by Crippen LogP contribution is 2.48. The molecule has 4 aromatic heterocycles. The molecular formula is C64H36N4O2. The SMILES string of the molecule is c1ccc(-c2nc(-c3cccc(-c4c5c(cc6c(-c7ccc8c9ccccc9c9ccccc9c8c7)nc7ccccc7c46)oc4ccccc45)c3)nc(-c3cccc4c3oc3ccccc34)n2)cc1. The second-order valence-electron chi connectivity index (χ2n) is 18.0. The molecule has 6 heteroatoms. The van der Waals surface area contributed by atoms with Gasteiger partial charge in [0.15, 0.2) is 17.5 Å². The van der Waals surface area contributed by atoms with Crippen LogP contribution in [0.5, 0.6) is 0 Å². The molecule has 0 radical (unpaired) electrons. The molecular weight excluding hydrogens is 857 g/mol. The first-order valence-electron chi connectivity index (χ1n) is 23.5. The number of fused-ring (bicyclic) bond motifs is 15. The number of nitrogens with zero attached hydrogens (tertiary/aromatic N) is 4. The second-order valence-corrected chi connectivity index (χ2v) is 18.0. The van der Waals surface area contributed by atoms with Crippen molar-refractivity contribution in [3.05, 3.63) is 218 Å². The highest BCUT2D eigenvalue weighted by atomic mass is 16.3. The lowest BCUT2D eigenvalue weighted by atomic mass is 9.88. The molecule has 6 nitrogen and oxygen atoms in total. The van der Waals surface area contributed by atoms with Gasteiger partial charge in [0.25, 0.3) is 0 Å². The Morgan fingerprint density at radius 1 is 0.271 bits per heavy atom. The van der Waals surface area contributed by atoms with Crippen LogP contribution in [0.3, 0.4) is 0 Å². The largest absolute Gasteiger partial charge is 0.456 e. The number of para-hydroxylation sites is 4. The monoisotopic (exact) mass is 892 g/mol. The van der Waals surface area contributed by atoms with Crippen LogP contribution in [0.4, 0.5) is 0 Å². The van der Waals surface area contributed by atoms with Crippen molar-refractivity contribution in [3.63, 3.8) is 0 Å². The third kappa shape index (κ3) is 5.80. The Morgan fingerprint density at radius 2 is 0.829 bits per heavy atom. The van der Waals surface area contributed by atoms with Crippen LogP contribution in [0.1, 0.15) is 0 Å². The summed E-state index contributed by atoms with van der Waals surface area (Å²) in [5.74, 6) is 1.66. The minimum Gasteiger partial charge on any atom is -0.456 e. The smallest absolute Gasteiger partial charge is 0.167 e. The molecule has 0 aliphatic heterocycles. The fourth-order valence-corrected chi connectivity index (χ4v) is 11.0. The van der Waals surface area contributed by atoms with Crippen LogP contribution in [-0.4, -0.2) is 19.9 Å². The summed E-state index contributed by atoms with van der Waals surface area (Å²) in [6, 6.07) is 76.3. The average Bonchev–Trinajstić information content (AvgIpc) is 4.01. The van der Waals surface area contributed by atoms with Crippen LogP contribution >= 0.6 is 0 Å². The van der Waals surface area contributed by atoms with Crippen molar-refractivity contribution in [1.82, 2.24) is 19.9 Å². The van der Waals surface area contributed by atoms with E-state index in [1.54, 1.807) is 0 Å². The lowest BCUT2D eigenvalue weighted by Crippen LogP contribution is -2.00. The van der Waals surface area contributed by atoms with E-state index in [-0.39, 0.29) is 0 Å². The van der Waals surface area contributed by atoms with Crippen molar-refractivity contribution in [2.24, 2.45) is 0 Å². The van der Waals surface area contributed by atoms with E-state index in [1.165, 1.54) is 32.3 Å². The van der Waals surface area contributed by atoms with Crippen LogP contribution in [0.15, 0.2) is 227 Å². The number of hydrogen-bond acceptors (Lipinski definition) is 6. The Hall–Kier alpha value is -9.52. The Labute approximate surface area is 399 Å². The Balaban J connectivity index is 1.00. The van der Waals surface area contributed by atoms with E-state index < -0.39 is 0 Å². The number of benzene rings is 11. The minimum atomic E-state index is 0.533. The number of pyridine rings is 1. The maximum absolute atomic E-state index is 6.83. The number of furan rings is 2. The van der Waals surface area contributed by atoms with Gasteiger partial charge >= 0.3 is 0 Å². The predicted octanol–water partition coefficient (Wildman–Crippen LogP) is 17.2. The van der Waals surface area contributed by atoms with Gasteiger partial charge in [-0.05, 0) is 80.3 Å². The van der Waals surface area contributed by atoms with E-state index in [9.17, 15) is 0 Å². The van der Waals surface area contributed by atoms with Gasteiger partial charge in [0.05, 0.1) is 16.8 Å². The molecule has 0 atom stereocenters. The minimum absolute atomic E-state index is 0.533. The molecule has 0 aliphatic rings. The Bertz CT molecular complexity index is 4630. The Kier molecular flexibility index (Phi) is 8.26. The standard InChI is InChI=1S/C64H36N4O2/c1-2-16-37(17-3-1)62-66-63(68-64(67-62)50-28-15-27-47-46-24-9-12-30-54(46)70-61(47)50)40-19-14-18-38(34-40)57-58-48-25-8-11-29-53(48)65-60(52(58)36-56-59(57)49-26-10-13-31-55(49)69-56)39-32-33-45-43-22-5-4-20-41(43)42-21-6-7-23-44(42)51(45)35-39/h1-36H. The molecule has 0 fully saturated rings. The molecule has 0 spiro atoms. The van der Waals surface area contributed by atoms with Crippen molar-refractivity contribution in [1.29, 1.82) is 0 Å². The first kappa shape index (κ1) is 38.6. The van der Waals surface area contributed by atoms with Crippen LogP contribution in [0.2, 0.25) is 0 Å². The van der Waals surface area contributed by atoms with Gasteiger partial charge in [0.2, 0.25) is 0 Å². The molecule has 15 rings (SSSR count). The van der Waals surface area contributed by atoms with Crippen molar-refractivity contribution < 1.29 is 8.83 Å². The van der Waals surface area contributed by atoms with Crippen molar-refractivity contribution in [2.75, 3.05) is 0 Å².